The molecule has 3 rings (SSSR count). The normalized spacial score (nSPS) is 23.6. The van der Waals surface area contributed by atoms with Gasteiger partial charge in [0.2, 0.25) is 0 Å². The molecule has 0 radical (unpaired) electrons. The first-order valence-corrected chi connectivity index (χ1v) is 8.96. The van der Waals surface area contributed by atoms with E-state index in [2.05, 4.69) is 29.0 Å². The van der Waals surface area contributed by atoms with Crippen molar-refractivity contribution in [2.45, 2.75) is 24.0 Å². The Hall–Kier alpha value is -0.662. The van der Waals surface area contributed by atoms with Crippen molar-refractivity contribution in [3.8, 4) is 5.75 Å². The maximum atomic E-state index is 5.59. The summed E-state index contributed by atoms with van der Waals surface area (Å²) in [4.78, 5) is 4.99. The molecule has 1 aromatic carbocycles. The Morgan fingerprint density at radius 3 is 2.60 bits per heavy atom. The van der Waals surface area contributed by atoms with Crippen LogP contribution in [0.4, 0.5) is 5.69 Å². The van der Waals surface area contributed by atoms with E-state index in [9.17, 15) is 0 Å². The van der Waals surface area contributed by atoms with Crippen LogP contribution in [-0.4, -0.2) is 62.1 Å². The molecule has 0 spiro atoms. The maximum absolute atomic E-state index is 5.59. The average molecular weight is 336 g/mol. The van der Waals surface area contributed by atoms with Crippen LogP contribution in [0, 0.1) is 0 Å². The fraction of sp³-hybridized carbons (Fsp3) is 0.625. The van der Waals surface area contributed by atoms with Gasteiger partial charge in [-0.05, 0) is 0 Å². The van der Waals surface area contributed by atoms with E-state index in [1.807, 2.05) is 16.9 Å². The van der Waals surface area contributed by atoms with Crippen LogP contribution >= 0.6 is 0 Å². The Kier molecular flexibility index (Phi) is 4.28. The first-order chi connectivity index (χ1) is 9.69. The van der Waals surface area contributed by atoms with Crippen LogP contribution in [0.25, 0.3) is 0 Å². The van der Waals surface area contributed by atoms with Gasteiger partial charge in [-0.3, -0.25) is 0 Å². The molecule has 1 aliphatic heterocycles. The third-order valence-electron chi connectivity index (χ3n) is 4.66. The number of hydrogen-bond acceptors (Lipinski definition) is 3. The Labute approximate surface area is 130 Å². The van der Waals surface area contributed by atoms with Gasteiger partial charge < -0.3 is 0 Å². The average Bonchev–Trinajstić information content (AvgIpc) is 2.47. The van der Waals surface area contributed by atoms with Crippen molar-refractivity contribution in [1.29, 1.82) is 0 Å². The number of likely N-dealkylation sites (N-methyl/N-ethyl adjacent to an activating group) is 1. The van der Waals surface area contributed by atoms with E-state index in [1.54, 1.807) is 12.7 Å². The Morgan fingerprint density at radius 2 is 1.90 bits per heavy atom. The zero-order valence-corrected chi connectivity index (χ0v) is 15.0. The van der Waals surface area contributed by atoms with Crippen LogP contribution in [0.3, 0.4) is 0 Å². The van der Waals surface area contributed by atoms with E-state index in [1.165, 1.54) is 43.6 Å². The summed E-state index contributed by atoms with van der Waals surface area (Å²) in [6.07, 6.45) is 3.73. The van der Waals surface area contributed by atoms with Crippen LogP contribution in [0.2, 0.25) is 4.71 Å². The zero-order chi connectivity index (χ0) is 14.1. The number of benzene rings is 1. The number of anilines is 1. The molecule has 0 bridgehead atoms. The molecule has 4 heteroatoms. The monoisotopic (exact) mass is 336 g/mol. The number of methoxy groups -OCH3 is 1. The fourth-order valence-electron chi connectivity index (χ4n) is 3.39. The minimum atomic E-state index is 0.855. The van der Waals surface area contributed by atoms with Crippen molar-refractivity contribution in [3.63, 3.8) is 0 Å². The first kappa shape index (κ1) is 14.3. The van der Waals surface area contributed by atoms with Gasteiger partial charge in [0.05, 0.1) is 0 Å². The predicted molar refractivity (Wildman–Crippen MR) is 87.0 cm³/mol. The molecule has 1 unspecified atom stereocenters. The second-order valence-corrected chi connectivity index (χ2v) is 8.02. The molecule has 1 fully saturated rings. The second kappa shape index (κ2) is 5.99. The number of rotatable bonds is 2. The molecule has 2 aliphatic rings. The van der Waals surface area contributed by atoms with Crippen LogP contribution in [0.5, 0.6) is 5.75 Å². The van der Waals surface area contributed by atoms with Gasteiger partial charge in [-0.15, -0.1) is 0 Å². The van der Waals surface area contributed by atoms with Crippen molar-refractivity contribution in [2.75, 3.05) is 45.2 Å². The summed E-state index contributed by atoms with van der Waals surface area (Å²) in [6.45, 7) is 4.63. The number of nitrogens with zero attached hydrogens (tertiary/aromatic N) is 2. The number of hydrogen-bond donors (Lipinski definition) is 0. The molecule has 0 aromatic heterocycles. The third-order valence-corrected chi connectivity index (χ3v) is 5.85. The van der Waals surface area contributed by atoms with Crippen LogP contribution < -0.4 is 9.64 Å². The summed E-state index contributed by atoms with van der Waals surface area (Å²) in [6, 6.07) is 4.46. The van der Waals surface area contributed by atoms with Crippen molar-refractivity contribution in [2.24, 2.45) is 0 Å². The topological polar surface area (TPSA) is 15.7 Å². The van der Waals surface area contributed by atoms with E-state index in [0.717, 1.165) is 23.5 Å². The Bertz CT molecular complexity index is 484. The molecule has 2 atom stereocenters. The van der Waals surface area contributed by atoms with Crippen molar-refractivity contribution in [3.05, 3.63) is 23.3 Å². The SMILES string of the molecule is COc1ccc(N2CCN(C)CC2)c2c1CC[C@@H]([AsH2])C2. The molecule has 1 aromatic rings. The van der Waals surface area contributed by atoms with Gasteiger partial charge in [0.1, 0.15) is 0 Å². The first-order valence-electron chi connectivity index (χ1n) is 7.57. The summed E-state index contributed by atoms with van der Waals surface area (Å²) in [5.74, 6) is 1.09. The second-order valence-electron chi connectivity index (χ2n) is 6.04. The molecule has 1 aliphatic carbocycles. The molecule has 20 heavy (non-hydrogen) atoms. The van der Waals surface area contributed by atoms with Gasteiger partial charge >= 0.3 is 130 Å². The summed E-state index contributed by atoms with van der Waals surface area (Å²) < 4.78 is 6.44. The van der Waals surface area contributed by atoms with E-state index in [0.29, 0.717) is 0 Å². The summed E-state index contributed by atoms with van der Waals surface area (Å²) in [5.41, 5.74) is 4.50. The van der Waals surface area contributed by atoms with E-state index in [-0.39, 0.29) is 0 Å². The van der Waals surface area contributed by atoms with Crippen molar-refractivity contribution < 1.29 is 4.74 Å². The quantitative estimate of drug-likeness (QED) is 0.759. The van der Waals surface area contributed by atoms with Crippen LogP contribution in [0.1, 0.15) is 17.5 Å². The molecule has 110 valence electrons. The number of ether oxygens (including phenoxy) is 1. The fourth-order valence-corrected chi connectivity index (χ4v) is 4.23. The van der Waals surface area contributed by atoms with Gasteiger partial charge in [-0.1, -0.05) is 0 Å². The molecule has 3 nitrogen and oxygen atoms in total. The van der Waals surface area contributed by atoms with Crippen LogP contribution in [-0.2, 0) is 12.8 Å². The molecular formula is C16H25AsN2O. The van der Waals surface area contributed by atoms with Gasteiger partial charge in [-0.25, -0.2) is 0 Å². The molecule has 0 amide bonds. The minimum absolute atomic E-state index is 0.855. The van der Waals surface area contributed by atoms with E-state index < -0.39 is 0 Å². The van der Waals surface area contributed by atoms with Gasteiger partial charge in [0, 0.05) is 0 Å². The van der Waals surface area contributed by atoms with Crippen molar-refractivity contribution >= 4 is 22.5 Å². The van der Waals surface area contributed by atoms with E-state index >= 15 is 0 Å². The summed E-state index contributed by atoms with van der Waals surface area (Å²) in [7, 11) is 4.01. The third kappa shape index (κ3) is 2.71. The molecular weight excluding hydrogens is 311 g/mol. The predicted octanol–water partition coefficient (Wildman–Crippen LogP) is 1.36. The van der Waals surface area contributed by atoms with Gasteiger partial charge in [0.25, 0.3) is 0 Å². The molecule has 0 N–H and O–H groups in total. The number of piperazine rings is 1. The van der Waals surface area contributed by atoms with Gasteiger partial charge in [0.15, 0.2) is 0 Å². The van der Waals surface area contributed by atoms with E-state index in [4.69, 9.17) is 4.74 Å². The Morgan fingerprint density at radius 1 is 1.15 bits per heavy atom. The molecule has 1 heterocycles. The number of fused-ring (bicyclic) bond motifs is 1. The summed E-state index contributed by atoms with van der Waals surface area (Å²) >= 11 is 1.89. The van der Waals surface area contributed by atoms with Crippen molar-refractivity contribution in [1.82, 2.24) is 4.90 Å². The van der Waals surface area contributed by atoms with Crippen LogP contribution in [0.15, 0.2) is 12.1 Å². The molecule has 1 saturated heterocycles. The van der Waals surface area contributed by atoms with Gasteiger partial charge in [-0.2, -0.15) is 0 Å². The standard InChI is InChI=1S/C16H25AsN2O/c1-18-7-9-19(10-8-18)15-5-6-16(20-2)13-4-3-12(17)11-14(13)15/h5-6,12H,3-4,7-11,17H2,1-2H3/t12-/m1/s1. The summed E-state index contributed by atoms with van der Waals surface area (Å²) in [5, 5.41) is 0. The molecule has 0 saturated carbocycles. The Balaban J connectivity index is 1.95. The zero-order valence-electron chi connectivity index (χ0n) is 12.6.